The summed E-state index contributed by atoms with van der Waals surface area (Å²) < 4.78 is 6.43. The van der Waals surface area contributed by atoms with Gasteiger partial charge in [-0.1, -0.05) is 13.8 Å². The molecule has 0 saturated heterocycles. The second-order valence-electron chi connectivity index (χ2n) is 4.26. The van der Waals surface area contributed by atoms with Gasteiger partial charge in [-0.15, -0.1) is 0 Å². The van der Waals surface area contributed by atoms with E-state index < -0.39 is 0 Å². The maximum atomic E-state index is 5.64. The first-order valence-corrected chi connectivity index (χ1v) is 6.81. The first-order chi connectivity index (χ1) is 8.15. The minimum Gasteiger partial charge on any atom is -0.477 e. The second kappa shape index (κ2) is 7.48. The zero-order chi connectivity index (χ0) is 12.7. The second-order valence-corrected chi connectivity index (χ2v) is 5.05. The number of nitrogens with zero attached hydrogens (tertiary/aromatic N) is 2. The number of ether oxygens (including phenoxy) is 1. The monoisotopic (exact) mass is 301 g/mol. The molecule has 0 aromatic carbocycles. The average Bonchev–Trinajstić information content (AvgIpc) is 2.29. The van der Waals surface area contributed by atoms with Gasteiger partial charge in [-0.05, 0) is 41.6 Å². The zero-order valence-corrected chi connectivity index (χ0v) is 12.2. The molecule has 0 aliphatic rings. The molecule has 4 nitrogen and oxygen atoms in total. The molecular weight excluding hydrogens is 282 g/mol. The van der Waals surface area contributed by atoms with Crippen LogP contribution in [0.5, 0.6) is 5.88 Å². The molecule has 0 amide bonds. The van der Waals surface area contributed by atoms with Gasteiger partial charge in [0, 0.05) is 6.54 Å². The molecule has 1 aromatic rings. The fraction of sp³-hybridized carbons (Fsp3) is 0.667. The van der Waals surface area contributed by atoms with Crippen LogP contribution >= 0.6 is 15.9 Å². The maximum Gasteiger partial charge on any atom is 0.233 e. The minimum atomic E-state index is 0.611. The summed E-state index contributed by atoms with van der Waals surface area (Å²) in [7, 11) is 0. The van der Waals surface area contributed by atoms with E-state index in [-0.39, 0.29) is 0 Å². The summed E-state index contributed by atoms with van der Waals surface area (Å²) >= 11 is 3.45. The highest BCUT2D eigenvalue weighted by molar-refractivity contribution is 9.10. The Bertz CT molecular complexity index is 345. The lowest BCUT2D eigenvalue weighted by Gasteiger charge is -2.10. The molecule has 1 aromatic heterocycles. The quantitative estimate of drug-likeness (QED) is 0.783. The Kier molecular flexibility index (Phi) is 6.26. The molecule has 0 saturated carbocycles. The molecule has 96 valence electrons. The number of nitrogens with one attached hydrogen (secondary N) is 1. The molecule has 5 heteroatoms. The molecule has 1 heterocycles. The molecule has 0 fully saturated rings. The average molecular weight is 302 g/mol. The normalized spacial score (nSPS) is 10.6. The van der Waals surface area contributed by atoms with Crippen molar-refractivity contribution in [1.82, 2.24) is 9.97 Å². The molecule has 0 atom stereocenters. The van der Waals surface area contributed by atoms with Crippen molar-refractivity contribution in [2.75, 3.05) is 18.5 Å². The minimum absolute atomic E-state index is 0.611. The third-order valence-electron chi connectivity index (χ3n) is 2.27. The summed E-state index contributed by atoms with van der Waals surface area (Å²) in [6.07, 6.45) is 3.73. The Balaban J connectivity index is 2.50. The van der Waals surface area contributed by atoms with E-state index in [0.29, 0.717) is 18.4 Å². The van der Waals surface area contributed by atoms with Gasteiger partial charge >= 0.3 is 0 Å². The Morgan fingerprint density at radius 2 is 2.18 bits per heavy atom. The van der Waals surface area contributed by atoms with E-state index in [4.69, 9.17) is 4.74 Å². The molecule has 0 unspecified atom stereocenters. The fourth-order valence-electron chi connectivity index (χ4n) is 1.41. The van der Waals surface area contributed by atoms with Gasteiger partial charge in [-0.3, -0.25) is 0 Å². The number of halogens is 1. The largest absolute Gasteiger partial charge is 0.477 e. The first-order valence-electron chi connectivity index (χ1n) is 6.02. The third-order valence-corrected chi connectivity index (χ3v) is 2.98. The van der Waals surface area contributed by atoms with E-state index in [1.54, 1.807) is 0 Å². The summed E-state index contributed by atoms with van der Waals surface area (Å²) in [5, 5.41) is 3.15. The third kappa shape index (κ3) is 4.89. The van der Waals surface area contributed by atoms with Gasteiger partial charge in [0.1, 0.15) is 16.6 Å². The number of hydrogen-bond donors (Lipinski definition) is 1. The van der Waals surface area contributed by atoms with Gasteiger partial charge in [0.25, 0.3) is 0 Å². The van der Waals surface area contributed by atoms with Gasteiger partial charge in [0.05, 0.1) is 6.61 Å². The summed E-state index contributed by atoms with van der Waals surface area (Å²) in [6, 6.07) is 0. The van der Waals surface area contributed by atoms with E-state index in [2.05, 4.69) is 45.1 Å². The van der Waals surface area contributed by atoms with Crippen molar-refractivity contribution in [2.24, 2.45) is 5.92 Å². The fourth-order valence-corrected chi connectivity index (χ4v) is 1.86. The summed E-state index contributed by atoms with van der Waals surface area (Å²) in [5.74, 6) is 2.10. The molecule has 0 aliphatic carbocycles. The lowest BCUT2D eigenvalue weighted by molar-refractivity contribution is 0.285. The highest BCUT2D eigenvalue weighted by atomic mass is 79.9. The van der Waals surface area contributed by atoms with Crippen LogP contribution in [-0.2, 0) is 0 Å². The molecule has 0 radical (unpaired) electrons. The molecular formula is C12H20BrN3O. The highest BCUT2D eigenvalue weighted by Crippen LogP contribution is 2.28. The molecule has 17 heavy (non-hydrogen) atoms. The molecule has 1 rings (SSSR count). The van der Waals surface area contributed by atoms with E-state index in [1.165, 1.54) is 12.7 Å². The lowest BCUT2D eigenvalue weighted by atomic mass is 10.1. The van der Waals surface area contributed by atoms with Crippen molar-refractivity contribution < 1.29 is 4.74 Å². The predicted octanol–water partition coefficient (Wildman–Crippen LogP) is 3.49. The van der Waals surface area contributed by atoms with Crippen LogP contribution < -0.4 is 10.1 Å². The van der Waals surface area contributed by atoms with Gasteiger partial charge in [0.15, 0.2) is 0 Å². The Hall–Kier alpha value is -0.840. The molecule has 0 bridgehead atoms. The summed E-state index contributed by atoms with van der Waals surface area (Å²) in [4.78, 5) is 8.25. The Labute approximate surface area is 111 Å². The van der Waals surface area contributed by atoms with Crippen molar-refractivity contribution in [3.8, 4) is 5.88 Å². The first kappa shape index (κ1) is 14.2. The van der Waals surface area contributed by atoms with Gasteiger partial charge in [0.2, 0.25) is 5.88 Å². The number of anilines is 1. The Morgan fingerprint density at radius 3 is 2.82 bits per heavy atom. The van der Waals surface area contributed by atoms with Gasteiger partial charge in [-0.25, -0.2) is 9.97 Å². The zero-order valence-electron chi connectivity index (χ0n) is 10.7. The van der Waals surface area contributed by atoms with Crippen LogP contribution in [0.15, 0.2) is 10.8 Å². The van der Waals surface area contributed by atoms with Crippen LogP contribution in [0.25, 0.3) is 0 Å². The van der Waals surface area contributed by atoms with Crippen LogP contribution in [0.2, 0.25) is 0 Å². The van der Waals surface area contributed by atoms with E-state index in [1.807, 2.05) is 6.92 Å². The smallest absolute Gasteiger partial charge is 0.233 e. The van der Waals surface area contributed by atoms with Crippen LogP contribution in [0.4, 0.5) is 5.82 Å². The van der Waals surface area contributed by atoms with Gasteiger partial charge in [-0.2, -0.15) is 0 Å². The molecule has 0 aliphatic heterocycles. The predicted molar refractivity (Wildman–Crippen MR) is 73.5 cm³/mol. The van der Waals surface area contributed by atoms with E-state index in [0.717, 1.165) is 23.3 Å². The SMILES string of the molecule is CCNc1ncnc(OCCCC(C)C)c1Br. The standard InChI is InChI=1S/C12H20BrN3O/c1-4-14-11-10(13)12(16-8-15-11)17-7-5-6-9(2)3/h8-9H,4-7H2,1-3H3,(H,14,15,16). The van der Waals surface area contributed by atoms with Crippen LogP contribution in [0.1, 0.15) is 33.6 Å². The van der Waals surface area contributed by atoms with Crippen LogP contribution in [0.3, 0.4) is 0 Å². The summed E-state index contributed by atoms with van der Waals surface area (Å²) in [6.45, 7) is 7.97. The van der Waals surface area contributed by atoms with Crippen LogP contribution in [0, 0.1) is 5.92 Å². The van der Waals surface area contributed by atoms with Crippen LogP contribution in [-0.4, -0.2) is 23.1 Å². The Morgan fingerprint density at radius 1 is 1.41 bits per heavy atom. The number of rotatable bonds is 7. The van der Waals surface area contributed by atoms with Crippen molar-refractivity contribution in [2.45, 2.75) is 33.6 Å². The number of hydrogen-bond acceptors (Lipinski definition) is 4. The van der Waals surface area contributed by atoms with Crippen molar-refractivity contribution in [3.05, 3.63) is 10.8 Å². The maximum absolute atomic E-state index is 5.64. The number of aromatic nitrogens is 2. The molecule has 0 spiro atoms. The lowest BCUT2D eigenvalue weighted by Crippen LogP contribution is -2.05. The topological polar surface area (TPSA) is 47.0 Å². The van der Waals surface area contributed by atoms with Gasteiger partial charge < -0.3 is 10.1 Å². The van der Waals surface area contributed by atoms with Crippen molar-refractivity contribution in [1.29, 1.82) is 0 Å². The summed E-state index contributed by atoms with van der Waals surface area (Å²) in [5.41, 5.74) is 0. The van der Waals surface area contributed by atoms with E-state index in [9.17, 15) is 0 Å². The van der Waals surface area contributed by atoms with Crippen molar-refractivity contribution in [3.63, 3.8) is 0 Å². The molecule has 1 N–H and O–H groups in total. The highest BCUT2D eigenvalue weighted by Gasteiger charge is 2.08. The van der Waals surface area contributed by atoms with E-state index >= 15 is 0 Å². The van der Waals surface area contributed by atoms with Crippen molar-refractivity contribution >= 4 is 21.7 Å².